The molecule has 1 aromatic rings. The Morgan fingerprint density at radius 3 is 2.44 bits per heavy atom. The lowest BCUT2D eigenvalue weighted by Gasteiger charge is -2.23. The monoisotopic (exact) mass is 221 g/mol. The first-order chi connectivity index (χ1) is 7.72. The molecule has 0 aliphatic carbocycles. The standard InChI is InChI=1S/C13H23N3/c1-12(15)11-16(10-8-14)9-7-13-5-3-2-4-6-13/h2-6,12H,7-11,14-15H2,1H3. The van der Waals surface area contributed by atoms with Gasteiger partial charge in [0.05, 0.1) is 0 Å². The van der Waals surface area contributed by atoms with Crippen LogP contribution < -0.4 is 11.5 Å². The van der Waals surface area contributed by atoms with Crippen molar-refractivity contribution in [1.82, 2.24) is 4.90 Å². The van der Waals surface area contributed by atoms with E-state index in [0.29, 0.717) is 6.54 Å². The summed E-state index contributed by atoms with van der Waals surface area (Å²) in [6, 6.07) is 10.7. The van der Waals surface area contributed by atoms with E-state index in [-0.39, 0.29) is 6.04 Å². The summed E-state index contributed by atoms with van der Waals surface area (Å²) in [5.74, 6) is 0. The quantitative estimate of drug-likeness (QED) is 0.717. The van der Waals surface area contributed by atoms with Crippen molar-refractivity contribution in [1.29, 1.82) is 0 Å². The second-order valence-electron chi connectivity index (χ2n) is 4.30. The van der Waals surface area contributed by atoms with E-state index in [2.05, 4.69) is 29.2 Å². The van der Waals surface area contributed by atoms with Crippen molar-refractivity contribution in [2.75, 3.05) is 26.2 Å². The Kier molecular flexibility index (Phi) is 6.08. The minimum Gasteiger partial charge on any atom is -0.329 e. The lowest BCUT2D eigenvalue weighted by molar-refractivity contribution is 0.271. The van der Waals surface area contributed by atoms with Gasteiger partial charge in [-0.2, -0.15) is 0 Å². The van der Waals surface area contributed by atoms with Crippen LogP contribution in [0.2, 0.25) is 0 Å². The van der Waals surface area contributed by atoms with Crippen LogP contribution in [0.15, 0.2) is 30.3 Å². The Morgan fingerprint density at radius 2 is 1.88 bits per heavy atom. The third-order valence-electron chi connectivity index (χ3n) is 2.55. The Hall–Kier alpha value is -0.900. The largest absolute Gasteiger partial charge is 0.329 e. The Balaban J connectivity index is 2.37. The van der Waals surface area contributed by atoms with Gasteiger partial charge in [-0.15, -0.1) is 0 Å². The van der Waals surface area contributed by atoms with Crippen molar-refractivity contribution in [3.8, 4) is 0 Å². The fourth-order valence-corrected chi connectivity index (χ4v) is 1.82. The van der Waals surface area contributed by atoms with Gasteiger partial charge in [0.25, 0.3) is 0 Å². The topological polar surface area (TPSA) is 55.3 Å². The minimum absolute atomic E-state index is 0.210. The first-order valence-corrected chi connectivity index (χ1v) is 5.94. The third-order valence-corrected chi connectivity index (χ3v) is 2.55. The van der Waals surface area contributed by atoms with Gasteiger partial charge in [-0.05, 0) is 18.9 Å². The maximum atomic E-state index is 5.81. The van der Waals surface area contributed by atoms with E-state index in [0.717, 1.165) is 26.1 Å². The summed E-state index contributed by atoms with van der Waals surface area (Å²) < 4.78 is 0. The summed E-state index contributed by atoms with van der Waals surface area (Å²) in [5.41, 5.74) is 12.8. The van der Waals surface area contributed by atoms with Crippen LogP contribution >= 0.6 is 0 Å². The molecule has 0 amide bonds. The molecule has 4 N–H and O–H groups in total. The van der Waals surface area contributed by atoms with Gasteiger partial charge >= 0.3 is 0 Å². The summed E-state index contributed by atoms with van der Waals surface area (Å²) in [4.78, 5) is 2.33. The molecule has 0 aliphatic rings. The van der Waals surface area contributed by atoms with Crippen LogP contribution in [0.3, 0.4) is 0 Å². The molecule has 1 atom stereocenters. The average molecular weight is 221 g/mol. The molecule has 0 heterocycles. The van der Waals surface area contributed by atoms with Crippen molar-refractivity contribution in [2.24, 2.45) is 11.5 Å². The lowest BCUT2D eigenvalue weighted by Crippen LogP contribution is -2.39. The van der Waals surface area contributed by atoms with Crippen molar-refractivity contribution in [3.63, 3.8) is 0 Å². The predicted molar refractivity (Wildman–Crippen MR) is 69.3 cm³/mol. The molecule has 0 bridgehead atoms. The average Bonchev–Trinajstić information content (AvgIpc) is 2.27. The second-order valence-corrected chi connectivity index (χ2v) is 4.30. The third kappa shape index (κ3) is 5.26. The molecule has 0 aliphatic heterocycles. The summed E-state index contributed by atoms with van der Waals surface area (Å²) in [5, 5.41) is 0. The lowest BCUT2D eigenvalue weighted by atomic mass is 10.1. The second kappa shape index (κ2) is 7.39. The molecule has 0 radical (unpaired) electrons. The molecule has 90 valence electrons. The molecular weight excluding hydrogens is 198 g/mol. The highest BCUT2D eigenvalue weighted by Crippen LogP contribution is 2.01. The maximum absolute atomic E-state index is 5.81. The molecule has 3 heteroatoms. The predicted octanol–water partition coefficient (Wildman–Crippen LogP) is 0.837. The van der Waals surface area contributed by atoms with Crippen LogP contribution in [0.5, 0.6) is 0 Å². The maximum Gasteiger partial charge on any atom is 0.0139 e. The van der Waals surface area contributed by atoms with E-state index in [1.807, 2.05) is 13.0 Å². The van der Waals surface area contributed by atoms with Crippen LogP contribution in [0.25, 0.3) is 0 Å². The molecular formula is C13H23N3. The fraction of sp³-hybridized carbons (Fsp3) is 0.538. The molecule has 0 spiro atoms. The minimum atomic E-state index is 0.210. The zero-order valence-electron chi connectivity index (χ0n) is 10.1. The summed E-state index contributed by atoms with van der Waals surface area (Å²) in [7, 11) is 0. The molecule has 16 heavy (non-hydrogen) atoms. The zero-order chi connectivity index (χ0) is 11.8. The highest BCUT2D eigenvalue weighted by molar-refractivity contribution is 5.14. The van der Waals surface area contributed by atoms with Gasteiger partial charge in [0, 0.05) is 32.2 Å². The summed E-state index contributed by atoms with van der Waals surface area (Å²) >= 11 is 0. The van der Waals surface area contributed by atoms with Gasteiger partial charge in [0.15, 0.2) is 0 Å². The molecule has 0 fully saturated rings. The van der Waals surface area contributed by atoms with E-state index in [1.54, 1.807) is 0 Å². The van der Waals surface area contributed by atoms with E-state index < -0.39 is 0 Å². The van der Waals surface area contributed by atoms with Crippen LogP contribution in [-0.2, 0) is 6.42 Å². The molecule has 3 nitrogen and oxygen atoms in total. The molecule has 1 aromatic carbocycles. The van der Waals surface area contributed by atoms with Crippen molar-refractivity contribution >= 4 is 0 Å². The first kappa shape index (κ1) is 13.2. The molecule has 0 aromatic heterocycles. The van der Waals surface area contributed by atoms with Gasteiger partial charge in [-0.3, -0.25) is 0 Å². The van der Waals surface area contributed by atoms with E-state index in [4.69, 9.17) is 11.5 Å². The van der Waals surface area contributed by atoms with Crippen molar-refractivity contribution < 1.29 is 0 Å². The SMILES string of the molecule is CC(N)CN(CCN)CCc1ccccc1. The number of benzene rings is 1. The summed E-state index contributed by atoms with van der Waals surface area (Å²) in [6.45, 7) is 5.61. The van der Waals surface area contributed by atoms with Gasteiger partial charge in [0.2, 0.25) is 0 Å². The van der Waals surface area contributed by atoms with Gasteiger partial charge in [-0.1, -0.05) is 30.3 Å². The number of hydrogen-bond donors (Lipinski definition) is 2. The van der Waals surface area contributed by atoms with Crippen molar-refractivity contribution in [3.05, 3.63) is 35.9 Å². The van der Waals surface area contributed by atoms with E-state index >= 15 is 0 Å². The van der Waals surface area contributed by atoms with Gasteiger partial charge in [-0.25, -0.2) is 0 Å². The van der Waals surface area contributed by atoms with E-state index in [1.165, 1.54) is 5.56 Å². The normalized spacial score (nSPS) is 13.0. The number of hydrogen-bond acceptors (Lipinski definition) is 3. The number of rotatable bonds is 7. The highest BCUT2D eigenvalue weighted by Gasteiger charge is 2.06. The Morgan fingerprint density at radius 1 is 1.19 bits per heavy atom. The number of nitrogens with two attached hydrogens (primary N) is 2. The Bertz CT molecular complexity index is 272. The highest BCUT2D eigenvalue weighted by atomic mass is 15.1. The van der Waals surface area contributed by atoms with Crippen LogP contribution in [-0.4, -0.2) is 37.1 Å². The van der Waals surface area contributed by atoms with Gasteiger partial charge < -0.3 is 16.4 Å². The molecule has 1 unspecified atom stereocenters. The smallest absolute Gasteiger partial charge is 0.0139 e. The van der Waals surface area contributed by atoms with Crippen LogP contribution in [0.4, 0.5) is 0 Å². The van der Waals surface area contributed by atoms with Gasteiger partial charge in [0.1, 0.15) is 0 Å². The molecule has 0 saturated carbocycles. The fourth-order valence-electron chi connectivity index (χ4n) is 1.82. The summed E-state index contributed by atoms with van der Waals surface area (Å²) in [6.07, 6.45) is 1.06. The number of nitrogens with zero attached hydrogens (tertiary/aromatic N) is 1. The van der Waals surface area contributed by atoms with Crippen LogP contribution in [0, 0.1) is 0 Å². The Labute approximate surface area is 98.4 Å². The van der Waals surface area contributed by atoms with Crippen molar-refractivity contribution in [2.45, 2.75) is 19.4 Å². The molecule has 0 saturated heterocycles. The van der Waals surface area contributed by atoms with E-state index in [9.17, 15) is 0 Å². The van der Waals surface area contributed by atoms with Crippen LogP contribution in [0.1, 0.15) is 12.5 Å². The first-order valence-electron chi connectivity index (χ1n) is 5.94. The zero-order valence-corrected chi connectivity index (χ0v) is 10.1. The molecule has 1 rings (SSSR count).